The van der Waals surface area contributed by atoms with Crippen LogP contribution in [-0.2, 0) is 6.54 Å². The molecule has 1 N–H and O–H groups in total. The first-order chi connectivity index (χ1) is 11.0. The maximum absolute atomic E-state index is 13.0. The minimum Gasteiger partial charge on any atom is -0.358 e. The van der Waals surface area contributed by atoms with Crippen LogP contribution in [0.1, 0.15) is 55.0 Å². The van der Waals surface area contributed by atoms with Crippen molar-refractivity contribution in [2.45, 2.75) is 66.0 Å². The highest BCUT2D eigenvalue weighted by atomic mass is 16.1. The number of aryl methyl sites for hydroxylation is 3. The maximum Gasteiger partial charge on any atom is 0.194 e. The summed E-state index contributed by atoms with van der Waals surface area (Å²) in [6.07, 6.45) is 5.00. The van der Waals surface area contributed by atoms with Gasteiger partial charge in [-0.05, 0) is 63.8 Å². The van der Waals surface area contributed by atoms with E-state index in [0.717, 1.165) is 35.2 Å². The molecule has 1 atom stereocenters. The molecule has 0 unspecified atom stereocenters. The molecule has 0 bridgehead atoms. The molecule has 2 heterocycles. The van der Waals surface area contributed by atoms with Crippen LogP contribution < -0.4 is 5.43 Å². The molecule has 0 saturated carbocycles. The lowest BCUT2D eigenvalue weighted by molar-refractivity contribution is 0.135. The van der Waals surface area contributed by atoms with Crippen LogP contribution in [0, 0.1) is 20.8 Å². The largest absolute Gasteiger partial charge is 0.358 e. The van der Waals surface area contributed by atoms with E-state index in [1.165, 1.54) is 36.8 Å². The summed E-state index contributed by atoms with van der Waals surface area (Å²) in [5.41, 5.74) is 5.58. The predicted molar refractivity (Wildman–Crippen MR) is 97.1 cm³/mol. The second kappa shape index (κ2) is 6.48. The highest BCUT2D eigenvalue weighted by molar-refractivity contribution is 5.83. The van der Waals surface area contributed by atoms with E-state index >= 15 is 0 Å². The van der Waals surface area contributed by atoms with Crippen LogP contribution in [0.4, 0.5) is 0 Å². The Morgan fingerprint density at radius 2 is 2.00 bits per heavy atom. The molecule has 1 saturated heterocycles. The van der Waals surface area contributed by atoms with Crippen molar-refractivity contribution in [3.05, 3.63) is 44.7 Å². The van der Waals surface area contributed by atoms with Gasteiger partial charge in [0.25, 0.3) is 0 Å². The van der Waals surface area contributed by atoms with Crippen molar-refractivity contribution >= 4 is 10.9 Å². The normalized spacial score (nSPS) is 19.4. The summed E-state index contributed by atoms with van der Waals surface area (Å²) in [7, 11) is 0. The van der Waals surface area contributed by atoms with Crippen LogP contribution in [-0.4, -0.2) is 22.5 Å². The molecule has 1 fully saturated rings. The van der Waals surface area contributed by atoms with E-state index < -0.39 is 0 Å². The SMILES string of the molecule is CC[C@H]1CCCCN1Cc1c(C)[nH]c2c(C)c(C)ccc2c1=O. The number of hydrogen-bond acceptors (Lipinski definition) is 2. The molecule has 2 aromatic rings. The molecule has 1 aliphatic rings. The Morgan fingerprint density at radius 3 is 2.74 bits per heavy atom. The fourth-order valence-corrected chi connectivity index (χ4v) is 3.89. The van der Waals surface area contributed by atoms with Gasteiger partial charge in [0.2, 0.25) is 0 Å². The van der Waals surface area contributed by atoms with Gasteiger partial charge in [-0.1, -0.05) is 19.4 Å². The number of rotatable bonds is 3. The molecule has 1 aromatic carbocycles. The first-order valence-corrected chi connectivity index (χ1v) is 8.88. The van der Waals surface area contributed by atoms with Gasteiger partial charge in [0.05, 0.1) is 5.52 Å². The summed E-state index contributed by atoms with van der Waals surface area (Å²) in [5.74, 6) is 0. The van der Waals surface area contributed by atoms with Gasteiger partial charge >= 0.3 is 0 Å². The van der Waals surface area contributed by atoms with Crippen LogP contribution in [0.2, 0.25) is 0 Å². The number of benzene rings is 1. The molecule has 3 heteroatoms. The van der Waals surface area contributed by atoms with Gasteiger partial charge in [0.15, 0.2) is 5.43 Å². The number of pyridine rings is 1. The number of piperidine rings is 1. The standard InChI is InChI=1S/C20H28N2O/c1-5-16-8-6-7-11-22(16)12-18-15(4)21-19-14(3)13(2)9-10-17(19)20(18)23/h9-10,16H,5-8,11-12H2,1-4H3,(H,21,23)/t16-/m0/s1. The number of aromatic nitrogens is 1. The van der Waals surface area contributed by atoms with Gasteiger partial charge in [-0.25, -0.2) is 0 Å². The average Bonchev–Trinajstić information content (AvgIpc) is 2.55. The third-order valence-electron chi connectivity index (χ3n) is 5.60. The van der Waals surface area contributed by atoms with Crippen LogP contribution in [0.15, 0.2) is 16.9 Å². The predicted octanol–water partition coefficient (Wildman–Crippen LogP) is 4.22. The Bertz CT molecular complexity index is 775. The molecule has 3 nitrogen and oxygen atoms in total. The molecular formula is C20H28N2O. The average molecular weight is 312 g/mol. The highest BCUT2D eigenvalue weighted by Gasteiger charge is 2.23. The second-order valence-electron chi connectivity index (χ2n) is 7.02. The molecule has 0 radical (unpaired) electrons. The molecule has 124 valence electrons. The number of nitrogens with zero attached hydrogens (tertiary/aromatic N) is 1. The molecule has 0 aliphatic carbocycles. The first-order valence-electron chi connectivity index (χ1n) is 8.88. The van der Waals surface area contributed by atoms with E-state index in [-0.39, 0.29) is 5.43 Å². The number of nitrogens with one attached hydrogen (secondary N) is 1. The number of fused-ring (bicyclic) bond motifs is 1. The molecule has 3 rings (SSSR count). The first kappa shape index (κ1) is 16.3. The lowest BCUT2D eigenvalue weighted by Gasteiger charge is -2.35. The summed E-state index contributed by atoms with van der Waals surface area (Å²) >= 11 is 0. The van der Waals surface area contributed by atoms with Gasteiger partial charge in [-0.2, -0.15) is 0 Å². The molecule has 23 heavy (non-hydrogen) atoms. The van der Waals surface area contributed by atoms with E-state index in [4.69, 9.17) is 0 Å². The summed E-state index contributed by atoms with van der Waals surface area (Å²) in [4.78, 5) is 19.0. The summed E-state index contributed by atoms with van der Waals surface area (Å²) in [6.45, 7) is 10.4. The van der Waals surface area contributed by atoms with E-state index in [0.29, 0.717) is 6.04 Å². The molecule has 1 aliphatic heterocycles. The van der Waals surface area contributed by atoms with Crippen LogP contribution in [0.25, 0.3) is 10.9 Å². The Labute approximate surface area is 138 Å². The number of likely N-dealkylation sites (tertiary alicyclic amines) is 1. The molecule has 0 amide bonds. The van der Waals surface area contributed by atoms with Crippen molar-refractivity contribution in [3.8, 4) is 0 Å². The minimum atomic E-state index is 0.208. The molecule has 1 aromatic heterocycles. The monoisotopic (exact) mass is 312 g/mol. The number of H-pyrrole nitrogens is 1. The van der Waals surface area contributed by atoms with Gasteiger partial charge in [-0.3, -0.25) is 9.69 Å². The third kappa shape index (κ3) is 2.94. The summed E-state index contributed by atoms with van der Waals surface area (Å²) < 4.78 is 0. The fourth-order valence-electron chi connectivity index (χ4n) is 3.89. The van der Waals surface area contributed by atoms with Gasteiger partial charge in [0, 0.05) is 29.2 Å². The zero-order valence-corrected chi connectivity index (χ0v) is 14.8. The van der Waals surface area contributed by atoms with Crippen molar-refractivity contribution in [1.82, 2.24) is 9.88 Å². The van der Waals surface area contributed by atoms with Gasteiger partial charge in [-0.15, -0.1) is 0 Å². The Hall–Kier alpha value is -1.61. The van der Waals surface area contributed by atoms with Crippen LogP contribution >= 0.6 is 0 Å². The highest BCUT2D eigenvalue weighted by Crippen LogP contribution is 2.23. The fraction of sp³-hybridized carbons (Fsp3) is 0.550. The zero-order chi connectivity index (χ0) is 16.6. The lowest BCUT2D eigenvalue weighted by Crippen LogP contribution is -2.39. The summed E-state index contributed by atoms with van der Waals surface area (Å²) in [5, 5.41) is 0.832. The Morgan fingerprint density at radius 1 is 1.22 bits per heavy atom. The third-order valence-corrected chi connectivity index (χ3v) is 5.60. The van der Waals surface area contributed by atoms with Crippen molar-refractivity contribution in [2.75, 3.05) is 6.54 Å². The van der Waals surface area contributed by atoms with Gasteiger partial charge in [0.1, 0.15) is 0 Å². The maximum atomic E-state index is 13.0. The van der Waals surface area contributed by atoms with E-state index in [1.54, 1.807) is 0 Å². The quantitative estimate of drug-likeness (QED) is 0.921. The summed E-state index contributed by atoms with van der Waals surface area (Å²) in [6, 6.07) is 4.66. The Kier molecular flexibility index (Phi) is 4.58. The van der Waals surface area contributed by atoms with E-state index in [2.05, 4.69) is 36.7 Å². The molecule has 0 spiro atoms. The van der Waals surface area contributed by atoms with Crippen molar-refractivity contribution in [3.63, 3.8) is 0 Å². The van der Waals surface area contributed by atoms with E-state index in [9.17, 15) is 4.79 Å². The molecular weight excluding hydrogens is 284 g/mol. The number of hydrogen-bond donors (Lipinski definition) is 1. The smallest absolute Gasteiger partial charge is 0.194 e. The van der Waals surface area contributed by atoms with Crippen LogP contribution in [0.5, 0.6) is 0 Å². The van der Waals surface area contributed by atoms with Crippen molar-refractivity contribution in [2.24, 2.45) is 0 Å². The minimum absolute atomic E-state index is 0.208. The second-order valence-corrected chi connectivity index (χ2v) is 7.02. The van der Waals surface area contributed by atoms with Crippen molar-refractivity contribution in [1.29, 1.82) is 0 Å². The van der Waals surface area contributed by atoms with Crippen LogP contribution in [0.3, 0.4) is 0 Å². The lowest BCUT2D eigenvalue weighted by atomic mass is 9.98. The van der Waals surface area contributed by atoms with Crippen molar-refractivity contribution < 1.29 is 0 Å². The van der Waals surface area contributed by atoms with Gasteiger partial charge < -0.3 is 4.98 Å². The van der Waals surface area contributed by atoms with E-state index in [1.807, 2.05) is 13.0 Å². The Balaban J connectivity index is 2.04. The topological polar surface area (TPSA) is 36.1 Å². The zero-order valence-electron chi connectivity index (χ0n) is 14.8. The number of aromatic amines is 1.